The molecule has 0 unspecified atom stereocenters. The summed E-state index contributed by atoms with van der Waals surface area (Å²) in [5, 5.41) is 3.30. The molecular formula is C17H23N3. The Morgan fingerprint density at radius 3 is 2.75 bits per heavy atom. The highest BCUT2D eigenvalue weighted by atomic mass is 15.0. The van der Waals surface area contributed by atoms with Crippen LogP contribution in [0.4, 0.5) is 5.82 Å². The van der Waals surface area contributed by atoms with Gasteiger partial charge in [0.1, 0.15) is 12.1 Å². The highest BCUT2D eigenvalue weighted by Crippen LogP contribution is 2.21. The van der Waals surface area contributed by atoms with Gasteiger partial charge in [-0.15, -0.1) is 0 Å². The molecule has 3 nitrogen and oxygen atoms in total. The molecule has 2 rings (SSSR count). The average Bonchev–Trinajstić information content (AvgIpc) is 2.45. The molecule has 0 saturated carbocycles. The molecule has 0 bridgehead atoms. The lowest BCUT2D eigenvalue weighted by molar-refractivity contribution is 0.647. The lowest BCUT2D eigenvalue weighted by Gasteiger charge is -2.08. The van der Waals surface area contributed by atoms with Gasteiger partial charge in [-0.25, -0.2) is 9.97 Å². The van der Waals surface area contributed by atoms with Crippen LogP contribution >= 0.6 is 0 Å². The highest BCUT2D eigenvalue weighted by Gasteiger charge is 2.04. The molecule has 106 valence electrons. The van der Waals surface area contributed by atoms with Crippen molar-refractivity contribution < 1.29 is 0 Å². The minimum absolute atomic E-state index is 0.664. The molecule has 0 amide bonds. The van der Waals surface area contributed by atoms with Gasteiger partial charge in [0.25, 0.3) is 0 Å². The Balaban J connectivity index is 2.22. The molecule has 3 heteroatoms. The number of rotatable bonds is 6. The van der Waals surface area contributed by atoms with E-state index in [1.807, 2.05) is 6.07 Å². The van der Waals surface area contributed by atoms with E-state index in [0.29, 0.717) is 5.92 Å². The quantitative estimate of drug-likeness (QED) is 0.855. The van der Waals surface area contributed by atoms with Gasteiger partial charge < -0.3 is 5.32 Å². The first-order valence-electron chi connectivity index (χ1n) is 7.34. The molecule has 2 aromatic rings. The molecule has 0 fully saturated rings. The summed E-state index contributed by atoms with van der Waals surface area (Å²) in [6, 6.07) is 10.6. The van der Waals surface area contributed by atoms with Crippen LogP contribution in [0, 0.1) is 5.92 Å². The van der Waals surface area contributed by atoms with E-state index in [9.17, 15) is 0 Å². The third kappa shape index (κ3) is 4.05. The lowest BCUT2D eigenvalue weighted by atomic mass is 10.00. The second-order valence-corrected chi connectivity index (χ2v) is 5.51. The predicted molar refractivity (Wildman–Crippen MR) is 84.8 cm³/mol. The molecule has 1 heterocycles. The minimum Gasteiger partial charge on any atom is -0.370 e. The molecule has 0 aliphatic carbocycles. The van der Waals surface area contributed by atoms with Crippen molar-refractivity contribution in [2.45, 2.75) is 33.6 Å². The van der Waals surface area contributed by atoms with Crippen molar-refractivity contribution >= 4 is 5.82 Å². The van der Waals surface area contributed by atoms with E-state index in [2.05, 4.69) is 60.3 Å². The lowest BCUT2D eigenvalue weighted by Crippen LogP contribution is -2.02. The van der Waals surface area contributed by atoms with Crippen LogP contribution in [0.25, 0.3) is 11.3 Å². The van der Waals surface area contributed by atoms with E-state index in [0.717, 1.165) is 36.5 Å². The standard InChI is InChI=1S/C17H23N3/c1-4-8-18-17-11-16(19-12-20-17)15-7-5-6-14(10-15)9-13(2)3/h5-7,10-13H,4,8-9H2,1-3H3,(H,18,19,20). The first kappa shape index (κ1) is 14.5. The summed E-state index contributed by atoms with van der Waals surface area (Å²) in [5.74, 6) is 1.56. The number of nitrogens with one attached hydrogen (secondary N) is 1. The summed E-state index contributed by atoms with van der Waals surface area (Å²) >= 11 is 0. The van der Waals surface area contributed by atoms with Crippen molar-refractivity contribution in [1.29, 1.82) is 0 Å². The van der Waals surface area contributed by atoms with Gasteiger partial charge >= 0.3 is 0 Å². The summed E-state index contributed by atoms with van der Waals surface area (Å²) < 4.78 is 0. The number of hydrogen-bond acceptors (Lipinski definition) is 3. The Kier molecular flexibility index (Phi) is 5.10. The van der Waals surface area contributed by atoms with Gasteiger partial charge in [0, 0.05) is 18.2 Å². The topological polar surface area (TPSA) is 37.8 Å². The fourth-order valence-corrected chi connectivity index (χ4v) is 2.19. The Morgan fingerprint density at radius 1 is 1.15 bits per heavy atom. The van der Waals surface area contributed by atoms with E-state index in [-0.39, 0.29) is 0 Å². The normalized spacial score (nSPS) is 10.8. The molecular weight excluding hydrogens is 246 g/mol. The van der Waals surface area contributed by atoms with Gasteiger partial charge in [-0.2, -0.15) is 0 Å². The van der Waals surface area contributed by atoms with E-state index in [1.54, 1.807) is 6.33 Å². The second-order valence-electron chi connectivity index (χ2n) is 5.51. The van der Waals surface area contributed by atoms with Crippen LogP contribution in [0.15, 0.2) is 36.7 Å². The Hall–Kier alpha value is -1.90. The van der Waals surface area contributed by atoms with E-state index in [4.69, 9.17) is 0 Å². The van der Waals surface area contributed by atoms with Gasteiger partial charge in [0.15, 0.2) is 0 Å². The maximum Gasteiger partial charge on any atom is 0.129 e. The van der Waals surface area contributed by atoms with Crippen molar-refractivity contribution in [1.82, 2.24) is 9.97 Å². The smallest absolute Gasteiger partial charge is 0.129 e. The molecule has 1 aromatic carbocycles. The largest absolute Gasteiger partial charge is 0.370 e. The molecule has 0 aliphatic rings. The van der Waals surface area contributed by atoms with Crippen LogP contribution < -0.4 is 5.32 Å². The van der Waals surface area contributed by atoms with Crippen molar-refractivity contribution in [3.8, 4) is 11.3 Å². The number of benzene rings is 1. The number of hydrogen-bond donors (Lipinski definition) is 1. The Morgan fingerprint density at radius 2 is 2.00 bits per heavy atom. The summed E-state index contributed by atoms with van der Waals surface area (Å²) in [6.07, 6.45) is 3.81. The highest BCUT2D eigenvalue weighted by molar-refractivity contribution is 5.62. The first-order valence-corrected chi connectivity index (χ1v) is 7.34. The molecule has 0 spiro atoms. The van der Waals surface area contributed by atoms with Crippen LogP contribution in [0.1, 0.15) is 32.8 Å². The van der Waals surface area contributed by atoms with Crippen molar-refractivity contribution in [2.24, 2.45) is 5.92 Å². The van der Waals surface area contributed by atoms with Gasteiger partial charge in [-0.05, 0) is 30.4 Å². The van der Waals surface area contributed by atoms with Gasteiger partial charge in [-0.1, -0.05) is 39.0 Å². The Labute approximate surface area is 121 Å². The van der Waals surface area contributed by atoms with Gasteiger partial charge in [-0.3, -0.25) is 0 Å². The van der Waals surface area contributed by atoms with Crippen LogP contribution in [-0.4, -0.2) is 16.5 Å². The van der Waals surface area contributed by atoms with Gasteiger partial charge in [0.2, 0.25) is 0 Å². The summed E-state index contributed by atoms with van der Waals surface area (Å²) in [6.45, 7) is 7.56. The monoisotopic (exact) mass is 269 g/mol. The maximum absolute atomic E-state index is 4.39. The molecule has 1 N–H and O–H groups in total. The molecule has 0 radical (unpaired) electrons. The predicted octanol–water partition coefficient (Wildman–Crippen LogP) is 4.16. The van der Waals surface area contributed by atoms with E-state index in [1.165, 1.54) is 5.56 Å². The van der Waals surface area contributed by atoms with Crippen molar-refractivity contribution in [2.75, 3.05) is 11.9 Å². The molecule has 0 atom stereocenters. The maximum atomic E-state index is 4.39. The SMILES string of the molecule is CCCNc1cc(-c2cccc(CC(C)C)c2)ncn1. The van der Waals surface area contributed by atoms with Gasteiger partial charge in [0.05, 0.1) is 5.69 Å². The van der Waals surface area contributed by atoms with Crippen LogP contribution in [0.3, 0.4) is 0 Å². The summed E-state index contributed by atoms with van der Waals surface area (Å²) in [4.78, 5) is 8.64. The molecule has 20 heavy (non-hydrogen) atoms. The number of nitrogens with zero attached hydrogens (tertiary/aromatic N) is 2. The van der Waals surface area contributed by atoms with E-state index < -0.39 is 0 Å². The van der Waals surface area contributed by atoms with E-state index >= 15 is 0 Å². The zero-order valence-corrected chi connectivity index (χ0v) is 12.6. The zero-order valence-electron chi connectivity index (χ0n) is 12.6. The minimum atomic E-state index is 0.664. The molecule has 0 aliphatic heterocycles. The molecule has 1 aromatic heterocycles. The average molecular weight is 269 g/mol. The van der Waals surface area contributed by atoms with Crippen molar-refractivity contribution in [3.05, 3.63) is 42.2 Å². The van der Waals surface area contributed by atoms with Crippen LogP contribution in [0.2, 0.25) is 0 Å². The number of aromatic nitrogens is 2. The zero-order chi connectivity index (χ0) is 14.4. The Bertz CT molecular complexity index is 549. The fraction of sp³-hybridized carbons (Fsp3) is 0.412. The third-order valence-electron chi connectivity index (χ3n) is 3.09. The number of anilines is 1. The fourth-order valence-electron chi connectivity index (χ4n) is 2.19. The van der Waals surface area contributed by atoms with Crippen molar-refractivity contribution in [3.63, 3.8) is 0 Å². The second kappa shape index (κ2) is 7.04. The summed E-state index contributed by atoms with van der Waals surface area (Å²) in [7, 11) is 0. The summed E-state index contributed by atoms with van der Waals surface area (Å²) in [5.41, 5.74) is 3.49. The molecule has 0 saturated heterocycles. The van der Waals surface area contributed by atoms with Crippen LogP contribution in [0.5, 0.6) is 0 Å². The first-order chi connectivity index (χ1) is 9.69. The van der Waals surface area contributed by atoms with Crippen LogP contribution in [-0.2, 0) is 6.42 Å². The third-order valence-corrected chi connectivity index (χ3v) is 3.09.